The number of hydrogen-bond acceptors (Lipinski definition) is 6. The highest BCUT2D eigenvalue weighted by Crippen LogP contribution is 2.20. The van der Waals surface area contributed by atoms with Crippen molar-refractivity contribution < 1.29 is 4.79 Å². The number of hydrazone groups is 1. The molecule has 0 unspecified atom stereocenters. The number of nitrogens with one attached hydrogen (secondary N) is 1. The monoisotopic (exact) mass is 336 g/mol. The maximum absolute atomic E-state index is 11.7. The van der Waals surface area contributed by atoms with Gasteiger partial charge >= 0.3 is 0 Å². The molecule has 0 saturated carbocycles. The number of piperazine rings is 1. The molecule has 128 valence electrons. The first kappa shape index (κ1) is 16.6. The second kappa shape index (κ2) is 6.72. The minimum atomic E-state index is -0.205. The molecule has 1 aromatic carbocycles. The maximum atomic E-state index is 11.7. The molecule has 2 heterocycles. The van der Waals surface area contributed by atoms with Crippen LogP contribution in [0.4, 0.5) is 5.69 Å². The molecule has 1 aliphatic heterocycles. The summed E-state index contributed by atoms with van der Waals surface area (Å²) in [4.78, 5) is 20.6. The Kier molecular flexibility index (Phi) is 4.47. The van der Waals surface area contributed by atoms with Crippen molar-refractivity contribution in [1.29, 1.82) is 0 Å². The summed E-state index contributed by atoms with van der Waals surface area (Å²) >= 11 is 0. The van der Waals surface area contributed by atoms with Crippen LogP contribution in [0.3, 0.4) is 0 Å². The van der Waals surface area contributed by atoms with E-state index < -0.39 is 0 Å². The van der Waals surface area contributed by atoms with Crippen molar-refractivity contribution in [2.24, 2.45) is 5.10 Å². The van der Waals surface area contributed by atoms with Crippen molar-refractivity contribution in [1.82, 2.24) is 20.3 Å². The Morgan fingerprint density at radius 1 is 1.40 bits per heavy atom. The highest BCUT2D eigenvalue weighted by Gasteiger charge is 2.20. The first-order chi connectivity index (χ1) is 12.0. The number of nitrogens with zero attached hydrogens (tertiary/aromatic N) is 4. The highest BCUT2D eigenvalue weighted by atomic mass is 16.2. The largest absolute Gasteiger partial charge is 0.399 e. The second-order valence-electron chi connectivity index (χ2n) is 5.85. The molecule has 1 amide bonds. The molecule has 2 aromatic rings. The van der Waals surface area contributed by atoms with Crippen molar-refractivity contribution >= 4 is 17.3 Å². The van der Waals surface area contributed by atoms with Gasteiger partial charge in [0.25, 0.3) is 5.91 Å². The third-order valence-corrected chi connectivity index (χ3v) is 4.01. The lowest BCUT2D eigenvalue weighted by Gasteiger charge is -2.26. The van der Waals surface area contributed by atoms with Gasteiger partial charge in [0.1, 0.15) is 5.70 Å². The number of carbonyl (C=O) groups excluding carboxylic acids is 1. The molecule has 0 bridgehead atoms. The zero-order chi connectivity index (χ0) is 18.0. The van der Waals surface area contributed by atoms with E-state index in [2.05, 4.69) is 27.0 Å². The standard InChI is InChI=1S/C18H20N6O/c1-11-10-14(4-5-15(11)19)17-20-7-6-16(22-17)12(2)23-24-9-8-21-18(25)13(24)3/h4-7,10H,3,8-9,19H2,1-2H3,(H,21,25)/b23-12+. The molecule has 0 atom stereocenters. The Morgan fingerprint density at radius 2 is 2.20 bits per heavy atom. The number of rotatable bonds is 3. The van der Waals surface area contributed by atoms with E-state index in [4.69, 9.17) is 5.73 Å². The maximum Gasteiger partial charge on any atom is 0.268 e. The Bertz CT molecular complexity index is 874. The zero-order valence-corrected chi connectivity index (χ0v) is 14.3. The fourth-order valence-electron chi connectivity index (χ4n) is 2.49. The van der Waals surface area contributed by atoms with E-state index in [0.717, 1.165) is 16.8 Å². The predicted molar refractivity (Wildman–Crippen MR) is 97.7 cm³/mol. The number of aromatic nitrogens is 2. The van der Waals surface area contributed by atoms with Crippen LogP contribution >= 0.6 is 0 Å². The molecule has 1 fully saturated rings. The molecule has 3 rings (SSSR count). The fraction of sp³-hybridized carbons (Fsp3) is 0.222. The first-order valence-corrected chi connectivity index (χ1v) is 7.95. The number of amides is 1. The molecule has 1 aliphatic rings. The Labute approximate surface area is 146 Å². The lowest BCUT2D eigenvalue weighted by molar-refractivity contribution is -0.120. The van der Waals surface area contributed by atoms with Gasteiger partial charge in [-0.15, -0.1) is 0 Å². The number of nitrogens with two attached hydrogens (primary N) is 1. The van der Waals surface area contributed by atoms with Crippen LogP contribution in [0.15, 0.2) is 47.8 Å². The fourth-order valence-corrected chi connectivity index (χ4v) is 2.49. The molecule has 1 aromatic heterocycles. The molecule has 7 heteroatoms. The van der Waals surface area contributed by atoms with Crippen LogP contribution in [-0.2, 0) is 4.79 Å². The summed E-state index contributed by atoms with van der Waals surface area (Å²) in [6.45, 7) is 8.68. The lowest BCUT2D eigenvalue weighted by Crippen LogP contribution is -2.43. The van der Waals surface area contributed by atoms with E-state index in [0.29, 0.717) is 36.0 Å². The minimum Gasteiger partial charge on any atom is -0.399 e. The van der Waals surface area contributed by atoms with Crippen LogP contribution in [0.2, 0.25) is 0 Å². The predicted octanol–water partition coefficient (Wildman–Crippen LogP) is 1.70. The van der Waals surface area contributed by atoms with Gasteiger partial charge in [0.2, 0.25) is 0 Å². The number of hydrogen-bond donors (Lipinski definition) is 2. The topological polar surface area (TPSA) is 96.5 Å². The molecular weight excluding hydrogens is 316 g/mol. The van der Waals surface area contributed by atoms with Crippen LogP contribution in [0.1, 0.15) is 18.2 Å². The summed E-state index contributed by atoms with van der Waals surface area (Å²) in [7, 11) is 0. The zero-order valence-electron chi connectivity index (χ0n) is 14.3. The third kappa shape index (κ3) is 3.50. The van der Waals surface area contributed by atoms with Crippen LogP contribution in [0, 0.1) is 6.92 Å². The van der Waals surface area contributed by atoms with E-state index in [1.807, 2.05) is 32.0 Å². The summed E-state index contributed by atoms with van der Waals surface area (Å²) in [6, 6.07) is 7.49. The van der Waals surface area contributed by atoms with Crippen molar-refractivity contribution in [3.05, 3.63) is 54.0 Å². The minimum absolute atomic E-state index is 0.205. The number of anilines is 1. The van der Waals surface area contributed by atoms with Gasteiger partial charge in [0, 0.05) is 24.0 Å². The molecule has 7 nitrogen and oxygen atoms in total. The first-order valence-electron chi connectivity index (χ1n) is 7.95. The third-order valence-electron chi connectivity index (χ3n) is 4.01. The van der Waals surface area contributed by atoms with Gasteiger partial charge in [-0.3, -0.25) is 9.80 Å². The highest BCUT2D eigenvalue weighted by molar-refractivity contribution is 5.98. The number of aryl methyl sites for hydroxylation is 1. The van der Waals surface area contributed by atoms with Gasteiger partial charge in [-0.05, 0) is 43.7 Å². The van der Waals surface area contributed by atoms with Gasteiger partial charge in [0.15, 0.2) is 5.82 Å². The van der Waals surface area contributed by atoms with Crippen molar-refractivity contribution in [2.75, 3.05) is 18.8 Å². The number of nitrogen functional groups attached to an aromatic ring is 1. The molecular formula is C18H20N6O. The number of carbonyl (C=O) groups is 1. The van der Waals surface area contributed by atoms with Crippen molar-refractivity contribution in [3.8, 4) is 11.4 Å². The molecule has 25 heavy (non-hydrogen) atoms. The lowest BCUT2D eigenvalue weighted by atomic mass is 10.1. The molecule has 1 saturated heterocycles. The van der Waals surface area contributed by atoms with E-state index in [-0.39, 0.29) is 5.91 Å². The van der Waals surface area contributed by atoms with Gasteiger partial charge in [0.05, 0.1) is 18.0 Å². The summed E-state index contributed by atoms with van der Waals surface area (Å²) < 4.78 is 0. The van der Waals surface area contributed by atoms with Crippen molar-refractivity contribution in [3.63, 3.8) is 0 Å². The average molecular weight is 336 g/mol. The van der Waals surface area contributed by atoms with Crippen LogP contribution in [-0.4, -0.2) is 39.7 Å². The summed E-state index contributed by atoms with van der Waals surface area (Å²) in [5, 5.41) is 8.81. The molecule has 0 aliphatic carbocycles. The number of benzene rings is 1. The summed E-state index contributed by atoms with van der Waals surface area (Å²) in [6.07, 6.45) is 1.69. The smallest absolute Gasteiger partial charge is 0.268 e. The normalized spacial score (nSPS) is 15.3. The van der Waals surface area contributed by atoms with Gasteiger partial charge in [-0.2, -0.15) is 5.10 Å². The Balaban J connectivity index is 1.90. The summed E-state index contributed by atoms with van der Waals surface area (Å²) in [5.41, 5.74) is 10.2. The van der Waals surface area contributed by atoms with E-state index in [9.17, 15) is 4.79 Å². The van der Waals surface area contributed by atoms with Crippen LogP contribution < -0.4 is 11.1 Å². The van der Waals surface area contributed by atoms with Crippen LogP contribution in [0.5, 0.6) is 0 Å². The Hall–Kier alpha value is -3.22. The van der Waals surface area contributed by atoms with E-state index in [1.54, 1.807) is 17.3 Å². The van der Waals surface area contributed by atoms with E-state index in [1.165, 1.54) is 0 Å². The van der Waals surface area contributed by atoms with Crippen LogP contribution in [0.25, 0.3) is 11.4 Å². The molecule has 0 radical (unpaired) electrons. The van der Waals surface area contributed by atoms with Gasteiger partial charge < -0.3 is 11.1 Å². The van der Waals surface area contributed by atoms with Gasteiger partial charge in [-0.25, -0.2) is 9.97 Å². The average Bonchev–Trinajstić information content (AvgIpc) is 2.61. The Morgan fingerprint density at radius 3 is 2.96 bits per heavy atom. The SMILES string of the molecule is C=C1C(=O)NCCN1/N=C(\C)c1ccnc(-c2ccc(N)c(C)c2)n1. The second-order valence-corrected chi connectivity index (χ2v) is 5.85. The summed E-state index contributed by atoms with van der Waals surface area (Å²) in [5.74, 6) is 0.397. The quantitative estimate of drug-likeness (QED) is 0.505. The molecule has 0 spiro atoms. The van der Waals surface area contributed by atoms with Crippen molar-refractivity contribution in [2.45, 2.75) is 13.8 Å². The molecule has 3 N–H and O–H groups in total. The van der Waals surface area contributed by atoms with E-state index >= 15 is 0 Å². The van der Waals surface area contributed by atoms with Gasteiger partial charge in [-0.1, -0.05) is 6.58 Å².